The minimum absolute atomic E-state index is 0.0724. The Morgan fingerprint density at radius 2 is 1.95 bits per heavy atom. The maximum Gasteiger partial charge on any atom is 0.216 e. The first-order chi connectivity index (χ1) is 9.95. The van der Waals surface area contributed by atoms with Crippen LogP contribution in [0.15, 0.2) is 24.0 Å². The third-order valence-corrected chi connectivity index (χ3v) is 7.12. The minimum Gasteiger partial charge on any atom is -0.465 e. The number of aliphatic hydroxyl groups excluding tert-OH is 2. The summed E-state index contributed by atoms with van der Waals surface area (Å²) in [4.78, 5) is 0. The lowest BCUT2D eigenvalue weighted by Gasteiger charge is -2.55. The van der Waals surface area contributed by atoms with Gasteiger partial charge in [-0.05, 0) is 74.3 Å². The summed E-state index contributed by atoms with van der Waals surface area (Å²) >= 11 is 0. The van der Waals surface area contributed by atoms with Gasteiger partial charge >= 0.3 is 0 Å². The third kappa shape index (κ3) is 1.74. The highest BCUT2D eigenvalue weighted by atomic mass is 16.6. The van der Waals surface area contributed by atoms with Gasteiger partial charge in [0.15, 0.2) is 0 Å². The van der Waals surface area contributed by atoms with Crippen LogP contribution in [0.25, 0.3) is 0 Å². The molecule has 21 heavy (non-hydrogen) atoms. The van der Waals surface area contributed by atoms with Gasteiger partial charge in [0.05, 0.1) is 6.10 Å². The zero-order valence-corrected chi connectivity index (χ0v) is 13.0. The van der Waals surface area contributed by atoms with Crippen molar-refractivity contribution in [2.75, 3.05) is 0 Å². The first-order valence-corrected chi connectivity index (χ1v) is 8.38. The molecule has 0 aromatic heterocycles. The van der Waals surface area contributed by atoms with E-state index in [1.807, 2.05) is 0 Å². The third-order valence-electron chi connectivity index (χ3n) is 7.12. The smallest absolute Gasteiger partial charge is 0.216 e. The normalized spacial score (nSPS) is 55.0. The molecule has 0 bridgehead atoms. The Balaban J connectivity index is 1.71. The largest absolute Gasteiger partial charge is 0.465 e. The van der Waals surface area contributed by atoms with Crippen molar-refractivity contribution in [2.45, 2.75) is 58.3 Å². The Hall–Kier alpha value is -0.800. The van der Waals surface area contributed by atoms with Crippen molar-refractivity contribution in [3.8, 4) is 0 Å². The van der Waals surface area contributed by atoms with Crippen LogP contribution in [0.3, 0.4) is 0 Å². The average molecular weight is 290 g/mol. The van der Waals surface area contributed by atoms with E-state index in [4.69, 9.17) is 4.74 Å². The molecule has 0 aromatic carbocycles. The van der Waals surface area contributed by atoms with Crippen LogP contribution in [-0.4, -0.2) is 22.6 Å². The molecule has 2 N–H and O–H groups in total. The van der Waals surface area contributed by atoms with Crippen molar-refractivity contribution in [2.24, 2.45) is 28.6 Å². The van der Waals surface area contributed by atoms with Crippen LogP contribution < -0.4 is 0 Å². The monoisotopic (exact) mass is 290 g/mol. The molecule has 0 unspecified atom stereocenters. The van der Waals surface area contributed by atoms with Crippen LogP contribution in [-0.2, 0) is 4.74 Å². The van der Waals surface area contributed by atoms with Crippen molar-refractivity contribution in [1.82, 2.24) is 0 Å². The van der Waals surface area contributed by atoms with Gasteiger partial charge in [0, 0.05) is 5.41 Å². The lowest BCUT2D eigenvalue weighted by Crippen LogP contribution is -2.50. The fourth-order valence-corrected chi connectivity index (χ4v) is 5.81. The van der Waals surface area contributed by atoms with E-state index in [1.54, 1.807) is 6.08 Å². The summed E-state index contributed by atoms with van der Waals surface area (Å²) in [5.41, 5.74) is 0.0403. The average Bonchev–Trinajstić information content (AvgIpc) is 2.76. The molecule has 2 saturated carbocycles. The number of aliphatic hydroxyl groups is 2. The molecular weight excluding hydrogens is 264 g/mol. The van der Waals surface area contributed by atoms with E-state index in [0.29, 0.717) is 17.8 Å². The summed E-state index contributed by atoms with van der Waals surface area (Å²) < 4.78 is 5.68. The molecular formula is C18H26O3. The van der Waals surface area contributed by atoms with Gasteiger partial charge < -0.3 is 14.9 Å². The minimum atomic E-state index is -0.789. The van der Waals surface area contributed by atoms with Crippen molar-refractivity contribution in [1.29, 1.82) is 0 Å². The molecule has 3 heteroatoms. The fraction of sp³-hybridized carbons (Fsp3) is 0.778. The molecule has 4 rings (SSSR count). The molecule has 2 fully saturated rings. The summed E-state index contributed by atoms with van der Waals surface area (Å²) in [5, 5.41) is 20.1. The standard InChI is InChI=1S/C18H26O3/c1-17-9-7-13-11(12(17)4-5-14(17)19)3-6-15-18(13,2)10-8-16(20)21-15/h6,8,10-14,16,19-20H,3-5,7,9H2,1-2H3/t11-,12-,13-,14-,16-,17-,18+/m0/s1. The number of rotatable bonds is 0. The van der Waals surface area contributed by atoms with Gasteiger partial charge in [0.2, 0.25) is 6.29 Å². The molecule has 1 heterocycles. The van der Waals surface area contributed by atoms with Crippen molar-refractivity contribution >= 4 is 0 Å². The van der Waals surface area contributed by atoms with Crippen LogP contribution in [0.1, 0.15) is 46.0 Å². The van der Waals surface area contributed by atoms with Crippen LogP contribution in [0.5, 0.6) is 0 Å². The molecule has 0 aromatic rings. The second kappa shape index (κ2) is 4.36. The number of fused-ring (bicyclic) bond motifs is 5. The molecule has 116 valence electrons. The maximum atomic E-state index is 10.4. The number of hydrogen-bond acceptors (Lipinski definition) is 3. The quantitative estimate of drug-likeness (QED) is 0.674. The van der Waals surface area contributed by atoms with E-state index in [2.05, 4.69) is 26.0 Å². The number of ether oxygens (including phenoxy) is 1. The number of hydrogen-bond donors (Lipinski definition) is 2. The highest BCUT2D eigenvalue weighted by Gasteiger charge is 2.58. The van der Waals surface area contributed by atoms with Crippen molar-refractivity contribution < 1.29 is 14.9 Å². The Labute approximate surface area is 126 Å². The maximum absolute atomic E-state index is 10.4. The summed E-state index contributed by atoms with van der Waals surface area (Å²) in [6, 6.07) is 0. The summed E-state index contributed by atoms with van der Waals surface area (Å²) in [6.45, 7) is 4.55. The predicted octanol–water partition coefficient (Wildman–Crippen LogP) is 2.99. The van der Waals surface area contributed by atoms with Gasteiger partial charge in [-0.3, -0.25) is 0 Å². The van der Waals surface area contributed by atoms with Crippen LogP contribution >= 0.6 is 0 Å². The van der Waals surface area contributed by atoms with Crippen LogP contribution in [0.2, 0.25) is 0 Å². The Morgan fingerprint density at radius 1 is 1.14 bits per heavy atom. The summed E-state index contributed by atoms with van der Waals surface area (Å²) in [5.74, 6) is 2.80. The molecule has 1 aliphatic heterocycles. The lowest BCUT2D eigenvalue weighted by atomic mass is 9.51. The van der Waals surface area contributed by atoms with Gasteiger partial charge in [0.1, 0.15) is 5.76 Å². The second-order valence-corrected chi connectivity index (χ2v) is 7.97. The molecule has 0 spiro atoms. The first-order valence-electron chi connectivity index (χ1n) is 8.38. The van der Waals surface area contributed by atoms with E-state index in [0.717, 1.165) is 37.9 Å². The second-order valence-electron chi connectivity index (χ2n) is 7.97. The summed E-state index contributed by atoms with van der Waals surface area (Å²) in [6.07, 6.45) is 10.6. The van der Waals surface area contributed by atoms with Crippen molar-refractivity contribution in [3.05, 3.63) is 24.0 Å². The van der Waals surface area contributed by atoms with Crippen LogP contribution in [0.4, 0.5) is 0 Å². The number of allylic oxidation sites excluding steroid dienone is 2. The van der Waals surface area contributed by atoms with E-state index < -0.39 is 6.29 Å². The Bertz CT molecular complexity index is 511. The topological polar surface area (TPSA) is 49.7 Å². The van der Waals surface area contributed by atoms with E-state index >= 15 is 0 Å². The zero-order chi connectivity index (χ0) is 14.8. The fourth-order valence-electron chi connectivity index (χ4n) is 5.81. The zero-order valence-electron chi connectivity index (χ0n) is 13.0. The highest BCUT2D eigenvalue weighted by Crippen LogP contribution is 2.63. The highest BCUT2D eigenvalue weighted by molar-refractivity contribution is 5.27. The molecule has 0 amide bonds. The van der Waals surface area contributed by atoms with Gasteiger partial charge in [-0.15, -0.1) is 0 Å². The van der Waals surface area contributed by atoms with Crippen molar-refractivity contribution in [3.63, 3.8) is 0 Å². The first kappa shape index (κ1) is 13.8. The van der Waals surface area contributed by atoms with E-state index in [1.165, 1.54) is 0 Å². The molecule has 3 aliphatic carbocycles. The van der Waals surface area contributed by atoms with Gasteiger partial charge in [-0.25, -0.2) is 0 Å². The van der Waals surface area contributed by atoms with Gasteiger partial charge in [0.25, 0.3) is 0 Å². The van der Waals surface area contributed by atoms with Crippen LogP contribution in [0, 0.1) is 28.6 Å². The van der Waals surface area contributed by atoms with Gasteiger partial charge in [-0.2, -0.15) is 0 Å². The van der Waals surface area contributed by atoms with Gasteiger partial charge in [-0.1, -0.05) is 13.0 Å². The molecule has 3 nitrogen and oxygen atoms in total. The molecule has 4 aliphatic rings. The summed E-state index contributed by atoms with van der Waals surface area (Å²) in [7, 11) is 0. The SMILES string of the molecule is C[C@]12CC[C@H]3[C@@H](CC=C4O[C@H](O)C=C[C@@]43C)[C@@H]1CC[C@@H]2O. The molecule has 0 saturated heterocycles. The Morgan fingerprint density at radius 3 is 2.76 bits per heavy atom. The van der Waals surface area contributed by atoms with E-state index in [9.17, 15) is 10.2 Å². The molecule has 0 radical (unpaired) electrons. The Kier molecular flexibility index (Phi) is 2.87. The predicted molar refractivity (Wildman–Crippen MR) is 80.1 cm³/mol. The van der Waals surface area contributed by atoms with E-state index in [-0.39, 0.29) is 16.9 Å². The molecule has 7 atom stereocenters. The lowest BCUT2D eigenvalue weighted by molar-refractivity contribution is -0.0989.